The van der Waals surface area contributed by atoms with Crippen molar-refractivity contribution in [2.45, 2.75) is 45.2 Å². The van der Waals surface area contributed by atoms with Crippen molar-refractivity contribution in [3.8, 4) is 0 Å². The molecule has 16 heavy (non-hydrogen) atoms. The van der Waals surface area contributed by atoms with Gasteiger partial charge in [-0.05, 0) is 12.8 Å². The molecule has 0 aliphatic rings. The van der Waals surface area contributed by atoms with Gasteiger partial charge in [-0.15, -0.1) is 0 Å². The maximum atomic E-state index is 11.7. The van der Waals surface area contributed by atoms with Crippen molar-refractivity contribution in [2.24, 2.45) is 0 Å². The highest BCUT2D eigenvalue weighted by molar-refractivity contribution is 7.86. The van der Waals surface area contributed by atoms with Gasteiger partial charge in [0.15, 0.2) is 0 Å². The van der Waals surface area contributed by atoms with E-state index in [1.807, 2.05) is 6.92 Å². The van der Waals surface area contributed by atoms with Crippen molar-refractivity contribution < 1.29 is 25.8 Å². The predicted molar refractivity (Wildman–Crippen MR) is 54.6 cm³/mol. The van der Waals surface area contributed by atoms with Crippen LogP contribution in [0.2, 0.25) is 0 Å². The molecule has 0 bridgehead atoms. The van der Waals surface area contributed by atoms with Crippen LogP contribution in [0.1, 0.15) is 39.0 Å². The first-order valence-corrected chi connectivity index (χ1v) is 6.78. The van der Waals surface area contributed by atoms with Crippen molar-refractivity contribution >= 4 is 10.1 Å². The largest absolute Gasteiger partial charge is 0.389 e. The van der Waals surface area contributed by atoms with Crippen LogP contribution in [0.4, 0.5) is 13.2 Å². The fraction of sp³-hybridized carbons (Fsp3) is 1.00. The number of unbranched alkanes of at least 4 members (excludes halogenated alkanes) is 2. The van der Waals surface area contributed by atoms with Gasteiger partial charge in [-0.1, -0.05) is 19.8 Å². The van der Waals surface area contributed by atoms with Crippen LogP contribution in [0.5, 0.6) is 0 Å². The molecule has 0 heterocycles. The number of hydrogen-bond donors (Lipinski definition) is 0. The van der Waals surface area contributed by atoms with E-state index in [-0.39, 0.29) is 6.61 Å². The lowest BCUT2D eigenvalue weighted by Gasteiger charge is -2.07. The minimum Gasteiger partial charge on any atom is -0.270 e. The van der Waals surface area contributed by atoms with E-state index in [0.29, 0.717) is 6.42 Å². The van der Waals surface area contributed by atoms with E-state index < -0.39 is 34.9 Å². The fourth-order valence-electron chi connectivity index (χ4n) is 1.05. The summed E-state index contributed by atoms with van der Waals surface area (Å²) in [5.41, 5.74) is 0. The Morgan fingerprint density at radius 1 is 1.12 bits per heavy atom. The molecule has 0 fully saturated rings. The van der Waals surface area contributed by atoms with Crippen LogP contribution >= 0.6 is 0 Å². The predicted octanol–water partition coefficient (Wildman–Crippen LogP) is 2.87. The second kappa shape index (κ2) is 7.11. The molecule has 0 rings (SSSR count). The average molecular weight is 262 g/mol. The van der Waals surface area contributed by atoms with Crippen molar-refractivity contribution in [3.05, 3.63) is 0 Å². The maximum absolute atomic E-state index is 11.7. The Morgan fingerprint density at radius 3 is 2.25 bits per heavy atom. The number of hydrogen-bond acceptors (Lipinski definition) is 3. The Bertz CT molecular complexity index is 272. The lowest BCUT2D eigenvalue weighted by atomic mass is 10.3. The van der Waals surface area contributed by atoms with Crippen LogP contribution in [0, 0.1) is 0 Å². The summed E-state index contributed by atoms with van der Waals surface area (Å²) in [6.45, 7) is 2.01. The number of halogens is 3. The first-order valence-electron chi connectivity index (χ1n) is 5.20. The summed E-state index contributed by atoms with van der Waals surface area (Å²) in [6, 6.07) is 0. The molecule has 0 aliphatic carbocycles. The van der Waals surface area contributed by atoms with E-state index in [9.17, 15) is 21.6 Å². The Kier molecular flexibility index (Phi) is 6.98. The summed E-state index contributed by atoms with van der Waals surface area (Å²) in [5.74, 6) is -0.571. The topological polar surface area (TPSA) is 43.4 Å². The van der Waals surface area contributed by atoms with Gasteiger partial charge in [-0.25, -0.2) is 0 Å². The molecule has 98 valence electrons. The number of rotatable bonds is 8. The molecule has 0 N–H and O–H groups in total. The highest BCUT2D eigenvalue weighted by Crippen LogP contribution is 2.21. The van der Waals surface area contributed by atoms with Crippen LogP contribution in [0.3, 0.4) is 0 Å². The first kappa shape index (κ1) is 15.7. The van der Waals surface area contributed by atoms with Crippen LogP contribution in [0.15, 0.2) is 0 Å². The summed E-state index contributed by atoms with van der Waals surface area (Å²) in [4.78, 5) is 0. The molecule has 0 spiro atoms. The van der Waals surface area contributed by atoms with Gasteiger partial charge in [0.2, 0.25) is 0 Å². The van der Waals surface area contributed by atoms with Crippen molar-refractivity contribution in [1.82, 2.24) is 0 Å². The van der Waals surface area contributed by atoms with Crippen LogP contribution < -0.4 is 0 Å². The second-order valence-corrected chi connectivity index (χ2v) is 5.27. The molecule has 0 radical (unpaired) electrons. The van der Waals surface area contributed by atoms with Crippen molar-refractivity contribution in [3.63, 3.8) is 0 Å². The standard InChI is InChI=1S/C9H17F3O3S/c1-2-3-4-7-15-16(13,14)8-5-6-9(10,11)12/h2-8H2,1H3. The highest BCUT2D eigenvalue weighted by Gasteiger charge is 2.27. The van der Waals surface area contributed by atoms with E-state index in [4.69, 9.17) is 0 Å². The third-order valence-electron chi connectivity index (χ3n) is 1.87. The monoisotopic (exact) mass is 262 g/mol. The zero-order valence-electron chi connectivity index (χ0n) is 9.22. The summed E-state index contributed by atoms with van der Waals surface area (Å²) >= 11 is 0. The van der Waals surface area contributed by atoms with E-state index in [0.717, 1.165) is 12.8 Å². The van der Waals surface area contributed by atoms with E-state index in [1.54, 1.807) is 0 Å². The van der Waals surface area contributed by atoms with Crippen LogP contribution in [-0.2, 0) is 14.3 Å². The Balaban J connectivity index is 3.71. The average Bonchev–Trinajstić information content (AvgIpc) is 2.10. The van der Waals surface area contributed by atoms with E-state index >= 15 is 0 Å². The molecular weight excluding hydrogens is 245 g/mol. The lowest BCUT2D eigenvalue weighted by Crippen LogP contribution is -2.15. The SMILES string of the molecule is CCCCCOS(=O)(=O)CCCC(F)(F)F. The minimum atomic E-state index is -4.31. The third kappa shape index (κ3) is 10.2. The third-order valence-corrected chi connectivity index (χ3v) is 3.18. The van der Waals surface area contributed by atoms with Gasteiger partial charge >= 0.3 is 6.18 Å². The molecule has 7 heteroatoms. The Hall–Kier alpha value is -0.300. The molecule has 0 atom stereocenters. The molecule has 0 saturated carbocycles. The van der Waals surface area contributed by atoms with E-state index in [1.165, 1.54) is 0 Å². The normalized spacial score (nSPS) is 13.0. The molecule has 0 aromatic rings. The molecule has 0 unspecified atom stereocenters. The first-order chi connectivity index (χ1) is 7.27. The molecule has 0 aromatic heterocycles. The smallest absolute Gasteiger partial charge is 0.270 e. The Morgan fingerprint density at radius 2 is 1.75 bits per heavy atom. The highest BCUT2D eigenvalue weighted by atomic mass is 32.2. The number of alkyl halides is 3. The lowest BCUT2D eigenvalue weighted by molar-refractivity contribution is -0.134. The molecule has 0 aromatic carbocycles. The van der Waals surface area contributed by atoms with Gasteiger partial charge in [0.25, 0.3) is 10.1 Å². The summed E-state index contributed by atoms with van der Waals surface area (Å²) < 4.78 is 62.0. The second-order valence-electron chi connectivity index (χ2n) is 3.51. The molecule has 3 nitrogen and oxygen atoms in total. The Labute approximate surface area is 94.1 Å². The molecular formula is C9H17F3O3S. The van der Waals surface area contributed by atoms with Gasteiger partial charge < -0.3 is 0 Å². The summed E-state index contributed by atoms with van der Waals surface area (Å²) in [5, 5.41) is 0. The van der Waals surface area contributed by atoms with Gasteiger partial charge in [0.05, 0.1) is 12.4 Å². The van der Waals surface area contributed by atoms with E-state index in [2.05, 4.69) is 4.18 Å². The van der Waals surface area contributed by atoms with Crippen molar-refractivity contribution in [2.75, 3.05) is 12.4 Å². The van der Waals surface area contributed by atoms with Gasteiger partial charge in [0, 0.05) is 6.42 Å². The van der Waals surface area contributed by atoms with Gasteiger partial charge in [0.1, 0.15) is 0 Å². The van der Waals surface area contributed by atoms with Gasteiger partial charge in [-0.3, -0.25) is 4.18 Å². The summed E-state index contributed by atoms with van der Waals surface area (Å²) in [6.07, 6.45) is -3.47. The minimum absolute atomic E-state index is 0.0577. The summed E-state index contributed by atoms with van der Waals surface area (Å²) in [7, 11) is -3.78. The zero-order chi connectivity index (χ0) is 12.7. The van der Waals surface area contributed by atoms with Crippen LogP contribution in [-0.4, -0.2) is 27.0 Å². The molecule has 0 aliphatic heterocycles. The van der Waals surface area contributed by atoms with Gasteiger partial charge in [-0.2, -0.15) is 21.6 Å². The maximum Gasteiger partial charge on any atom is 0.389 e. The van der Waals surface area contributed by atoms with Crippen LogP contribution in [0.25, 0.3) is 0 Å². The fourth-order valence-corrected chi connectivity index (χ4v) is 2.03. The molecule has 0 saturated heterocycles. The quantitative estimate of drug-likeness (QED) is 0.499. The molecule has 0 amide bonds. The zero-order valence-corrected chi connectivity index (χ0v) is 10.0. The van der Waals surface area contributed by atoms with Crippen molar-refractivity contribution in [1.29, 1.82) is 0 Å².